The second kappa shape index (κ2) is 4.83. The Morgan fingerprint density at radius 1 is 1.53 bits per heavy atom. The lowest BCUT2D eigenvalue weighted by Gasteiger charge is -2.00. The molecule has 1 aliphatic rings. The molecule has 6 heteroatoms. The van der Waals surface area contributed by atoms with E-state index in [4.69, 9.17) is 5.11 Å². The second-order valence-corrected chi connectivity index (χ2v) is 5.34. The number of hydrogen-bond donors (Lipinski definition) is 2. The molecule has 2 rings (SSSR count). The zero-order valence-electron chi connectivity index (χ0n) is 9.52. The van der Waals surface area contributed by atoms with Gasteiger partial charge in [-0.15, -0.1) is 11.3 Å². The fraction of sp³-hybridized carbons (Fsp3) is 0.545. The van der Waals surface area contributed by atoms with E-state index in [9.17, 15) is 9.59 Å². The maximum Gasteiger partial charge on any atom is 0.347 e. The summed E-state index contributed by atoms with van der Waals surface area (Å²) < 4.78 is 0. The van der Waals surface area contributed by atoms with E-state index in [0.717, 1.165) is 24.2 Å². The van der Waals surface area contributed by atoms with Crippen LogP contribution in [0.15, 0.2) is 0 Å². The van der Waals surface area contributed by atoms with E-state index in [2.05, 4.69) is 10.3 Å². The summed E-state index contributed by atoms with van der Waals surface area (Å²) in [4.78, 5) is 26.6. The zero-order valence-corrected chi connectivity index (χ0v) is 10.3. The van der Waals surface area contributed by atoms with Gasteiger partial charge in [-0.2, -0.15) is 0 Å². The van der Waals surface area contributed by atoms with E-state index in [1.165, 1.54) is 0 Å². The lowest BCUT2D eigenvalue weighted by atomic mass is 10.3. The maximum absolute atomic E-state index is 11.4. The maximum atomic E-state index is 11.4. The average Bonchev–Trinajstić information content (AvgIpc) is 2.97. The van der Waals surface area contributed by atoms with Gasteiger partial charge in [-0.25, -0.2) is 9.78 Å². The number of rotatable bonds is 5. The molecule has 1 saturated carbocycles. The summed E-state index contributed by atoms with van der Waals surface area (Å²) in [7, 11) is 0. The average molecular weight is 254 g/mol. The van der Waals surface area contributed by atoms with Crippen LogP contribution in [0.3, 0.4) is 0 Å². The van der Waals surface area contributed by atoms with Crippen LogP contribution in [0.25, 0.3) is 0 Å². The molecule has 1 aromatic rings. The van der Waals surface area contributed by atoms with Gasteiger partial charge in [-0.05, 0) is 25.7 Å². The van der Waals surface area contributed by atoms with Crippen LogP contribution in [-0.4, -0.2) is 22.0 Å². The summed E-state index contributed by atoms with van der Waals surface area (Å²) in [5.41, 5.74) is 0.508. The van der Waals surface area contributed by atoms with Crippen LogP contribution in [0.1, 0.15) is 39.6 Å². The topological polar surface area (TPSA) is 79.3 Å². The van der Waals surface area contributed by atoms with Gasteiger partial charge in [0.15, 0.2) is 0 Å². The fourth-order valence-electron chi connectivity index (χ4n) is 1.56. The van der Waals surface area contributed by atoms with Crippen molar-refractivity contribution in [3.05, 3.63) is 15.6 Å². The van der Waals surface area contributed by atoms with Crippen LogP contribution in [-0.2, 0) is 11.3 Å². The van der Waals surface area contributed by atoms with Crippen molar-refractivity contribution in [1.82, 2.24) is 10.3 Å². The molecule has 0 aromatic carbocycles. The molecule has 0 spiro atoms. The first-order valence-corrected chi connectivity index (χ1v) is 6.34. The van der Waals surface area contributed by atoms with E-state index in [1.807, 2.05) is 0 Å². The predicted molar refractivity (Wildman–Crippen MR) is 63.0 cm³/mol. The summed E-state index contributed by atoms with van der Waals surface area (Å²) in [5.74, 6) is -0.379. The minimum Gasteiger partial charge on any atom is -0.477 e. The normalized spacial score (nSPS) is 14.6. The van der Waals surface area contributed by atoms with Crippen molar-refractivity contribution < 1.29 is 14.7 Å². The van der Waals surface area contributed by atoms with Gasteiger partial charge in [-0.1, -0.05) is 0 Å². The number of hydrogen-bond acceptors (Lipinski definition) is 4. The lowest BCUT2D eigenvalue weighted by molar-refractivity contribution is -0.121. The Morgan fingerprint density at radius 3 is 2.76 bits per heavy atom. The third kappa shape index (κ3) is 3.26. The number of amides is 1. The van der Waals surface area contributed by atoms with E-state index in [0.29, 0.717) is 29.6 Å². The minimum absolute atomic E-state index is 0.0252. The number of thiazole rings is 1. The molecule has 2 N–H and O–H groups in total. The fourth-order valence-corrected chi connectivity index (χ4v) is 2.40. The molecule has 92 valence electrons. The standard InChI is InChI=1S/C11H14N2O3S/c1-6-10(11(15)16)17-9(13-6)5-12-8(14)4-7-2-3-7/h7H,2-5H2,1H3,(H,12,14)(H,15,16). The Balaban J connectivity index is 1.87. The Kier molecular flexibility index (Phi) is 3.42. The number of carboxylic acids is 1. The monoisotopic (exact) mass is 254 g/mol. The summed E-state index contributed by atoms with van der Waals surface area (Å²) in [5, 5.41) is 12.3. The molecule has 0 atom stereocenters. The van der Waals surface area contributed by atoms with Crippen molar-refractivity contribution in [2.75, 3.05) is 0 Å². The van der Waals surface area contributed by atoms with Crippen molar-refractivity contribution in [2.24, 2.45) is 5.92 Å². The Morgan fingerprint density at radius 2 is 2.24 bits per heavy atom. The van der Waals surface area contributed by atoms with Crippen LogP contribution in [0.2, 0.25) is 0 Å². The molecule has 0 radical (unpaired) electrons. The number of aromatic carboxylic acids is 1. The highest BCUT2D eigenvalue weighted by Gasteiger charge is 2.24. The van der Waals surface area contributed by atoms with Crippen molar-refractivity contribution in [2.45, 2.75) is 32.7 Å². The lowest BCUT2D eigenvalue weighted by Crippen LogP contribution is -2.22. The summed E-state index contributed by atoms with van der Waals surface area (Å²) >= 11 is 1.12. The molecule has 1 aliphatic carbocycles. The van der Waals surface area contributed by atoms with Crippen LogP contribution in [0, 0.1) is 12.8 Å². The van der Waals surface area contributed by atoms with Gasteiger partial charge in [0.1, 0.15) is 9.88 Å². The van der Waals surface area contributed by atoms with Gasteiger partial charge in [-0.3, -0.25) is 4.79 Å². The van der Waals surface area contributed by atoms with Crippen molar-refractivity contribution in [3.8, 4) is 0 Å². The smallest absolute Gasteiger partial charge is 0.347 e. The van der Waals surface area contributed by atoms with Crippen molar-refractivity contribution in [1.29, 1.82) is 0 Å². The van der Waals surface area contributed by atoms with Crippen LogP contribution < -0.4 is 5.32 Å². The molecule has 1 amide bonds. The summed E-state index contributed by atoms with van der Waals surface area (Å²) in [6, 6.07) is 0. The number of aromatic nitrogens is 1. The first-order valence-electron chi connectivity index (χ1n) is 5.52. The molecule has 1 heterocycles. The Hall–Kier alpha value is -1.43. The van der Waals surface area contributed by atoms with Gasteiger partial charge in [0.05, 0.1) is 12.2 Å². The highest BCUT2D eigenvalue weighted by Crippen LogP contribution is 2.32. The predicted octanol–water partition coefficient (Wildman–Crippen LogP) is 1.57. The molecule has 1 fully saturated rings. The SMILES string of the molecule is Cc1nc(CNC(=O)CC2CC2)sc1C(=O)O. The Bertz CT molecular complexity index is 452. The molecular weight excluding hydrogens is 240 g/mol. The van der Waals surface area contributed by atoms with Gasteiger partial charge >= 0.3 is 5.97 Å². The summed E-state index contributed by atoms with van der Waals surface area (Å²) in [6.07, 6.45) is 2.87. The first kappa shape index (κ1) is 12.0. The number of carbonyl (C=O) groups excluding carboxylic acids is 1. The second-order valence-electron chi connectivity index (χ2n) is 4.25. The van der Waals surface area contributed by atoms with Gasteiger partial charge in [0.2, 0.25) is 5.91 Å². The number of carboxylic acid groups (broad SMARTS) is 1. The molecule has 0 saturated heterocycles. The third-order valence-electron chi connectivity index (χ3n) is 2.64. The molecule has 0 unspecified atom stereocenters. The van der Waals surface area contributed by atoms with Crippen LogP contribution in [0.5, 0.6) is 0 Å². The first-order chi connectivity index (χ1) is 8.06. The largest absolute Gasteiger partial charge is 0.477 e. The quantitative estimate of drug-likeness (QED) is 0.835. The molecule has 5 nitrogen and oxygen atoms in total. The highest BCUT2D eigenvalue weighted by molar-refractivity contribution is 7.13. The zero-order chi connectivity index (χ0) is 12.4. The number of nitrogens with one attached hydrogen (secondary N) is 1. The van der Waals surface area contributed by atoms with Crippen LogP contribution >= 0.6 is 11.3 Å². The highest BCUT2D eigenvalue weighted by atomic mass is 32.1. The molecule has 0 bridgehead atoms. The van der Waals surface area contributed by atoms with E-state index < -0.39 is 5.97 Å². The number of nitrogens with zero attached hydrogens (tertiary/aromatic N) is 1. The van der Waals surface area contributed by atoms with E-state index in [-0.39, 0.29) is 10.8 Å². The van der Waals surface area contributed by atoms with Crippen LogP contribution in [0.4, 0.5) is 0 Å². The van der Waals surface area contributed by atoms with Gasteiger partial charge in [0, 0.05) is 6.42 Å². The molecule has 0 aliphatic heterocycles. The van der Waals surface area contributed by atoms with Gasteiger partial charge < -0.3 is 10.4 Å². The van der Waals surface area contributed by atoms with Gasteiger partial charge in [0.25, 0.3) is 0 Å². The van der Waals surface area contributed by atoms with E-state index in [1.54, 1.807) is 6.92 Å². The molecular formula is C11H14N2O3S. The minimum atomic E-state index is -0.962. The number of carbonyl (C=O) groups is 2. The summed E-state index contributed by atoms with van der Waals surface area (Å²) in [6.45, 7) is 1.99. The third-order valence-corrected chi connectivity index (χ3v) is 3.79. The molecule has 17 heavy (non-hydrogen) atoms. The van der Waals surface area contributed by atoms with Crippen molar-refractivity contribution >= 4 is 23.2 Å². The molecule has 1 aromatic heterocycles. The Labute approximate surface area is 103 Å². The van der Waals surface area contributed by atoms with E-state index >= 15 is 0 Å². The number of aryl methyl sites for hydroxylation is 1. The van der Waals surface area contributed by atoms with Crippen molar-refractivity contribution in [3.63, 3.8) is 0 Å².